The minimum Gasteiger partial charge on any atom is -0.497 e. The Kier molecular flexibility index (Phi) is 5.72. The number of hydrogen-bond donors (Lipinski definition) is 1. The molecule has 0 aliphatic heterocycles. The maximum Gasteiger partial charge on any atom is 0.256 e. The van der Waals surface area contributed by atoms with E-state index >= 15 is 0 Å². The standard InChI is InChI=1S/C24H23NO2/c1-17-9-12-21(15-18(17)2)25-24(26)23(20-7-5-4-6-8-20)16-19-10-13-22(27-3)14-11-19/h4-16H,1-3H3,(H,25,26)/b23-16+. The van der Waals surface area contributed by atoms with Crippen LogP contribution in [0.4, 0.5) is 5.69 Å². The summed E-state index contributed by atoms with van der Waals surface area (Å²) in [5, 5.41) is 3.02. The Morgan fingerprint density at radius 1 is 0.889 bits per heavy atom. The van der Waals surface area contributed by atoms with Gasteiger partial charge in [-0.15, -0.1) is 0 Å². The summed E-state index contributed by atoms with van der Waals surface area (Å²) in [5.74, 6) is 0.647. The lowest BCUT2D eigenvalue weighted by Gasteiger charge is -2.11. The van der Waals surface area contributed by atoms with E-state index in [4.69, 9.17) is 4.74 Å². The Hall–Kier alpha value is -3.33. The minimum atomic E-state index is -0.139. The molecule has 0 atom stereocenters. The van der Waals surface area contributed by atoms with Crippen LogP contribution >= 0.6 is 0 Å². The van der Waals surface area contributed by atoms with Crippen LogP contribution in [0.15, 0.2) is 72.8 Å². The van der Waals surface area contributed by atoms with E-state index < -0.39 is 0 Å². The van der Waals surface area contributed by atoms with E-state index in [9.17, 15) is 4.79 Å². The van der Waals surface area contributed by atoms with E-state index in [2.05, 4.69) is 12.2 Å². The zero-order valence-corrected chi connectivity index (χ0v) is 15.8. The Morgan fingerprint density at radius 3 is 2.22 bits per heavy atom. The molecule has 0 unspecified atom stereocenters. The summed E-state index contributed by atoms with van der Waals surface area (Å²) in [4.78, 5) is 13.0. The van der Waals surface area contributed by atoms with Crippen molar-refractivity contribution in [2.24, 2.45) is 0 Å². The number of rotatable bonds is 5. The van der Waals surface area contributed by atoms with Crippen LogP contribution in [0.3, 0.4) is 0 Å². The molecule has 0 saturated carbocycles. The molecule has 3 aromatic carbocycles. The molecule has 27 heavy (non-hydrogen) atoms. The van der Waals surface area contributed by atoms with E-state index in [-0.39, 0.29) is 5.91 Å². The van der Waals surface area contributed by atoms with Gasteiger partial charge in [-0.3, -0.25) is 4.79 Å². The molecule has 0 heterocycles. The number of aryl methyl sites for hydroxylation is 2. The molecule has 0 fully saturated rings. The fourth-order valence-electron chi connectivity index (χ4n) is 2.78. The lowest BCUT2D eigenvalue weighted by atomic mass is 10.0. The molecule has 3 aromatic rings. The van der Waals surface area contributed by atoms with Gasteiger partial charge >= 0.3 is 0 Å². The monoisotopic (exact) mass is 357 g/mol. The summed E-state index contributed by atoms with van der Waals surface area (Å²) < 4.78 is 5.21. The second kappa shape index (κ2) is 8.37. The molecular formula is C24H23NO2. The van der Waals surface area contributed by atoms with Crippen molar-refractivity contribution in [3.8, 4) is 5.75 Å². The maximum absolute atomic E-state index is 13.0. The molecule has 3 rings (SSSR count). The topological polar surface area (TPSA) is 38.3 Å². The molecular weight excluding hydrogens is 334 g/mol. The third-order valence-electron chi connectivity index (χ3n) is 4.52. The number of methoxy groups -OCH3 is 1. The van der Waals surface area contributed by atoms with Crippen LogP contribution in [0.2, 0.25) is 0 Å². The van der Waals surface area contributed by atoms with E-state index in [1.807, 2.05) is 85.8 Å². The summed E-state index contributed by atoms with van der Waals surface area (Å²) in [6.45, 7) is 4.09. The van der Waals surface area contributed by atoms with Crippen LogP contribution in [0, 0.1) is 13.8 Å². The van der Waals surface area contributed by atoms with Gasteiger partial charge in [-0.25, -0.2) is 0 Å². The summed E-state index contributed by atoms with van der Waals surface area (Å²) in [5.41, 5.74) is 5.55. The SMILES string of the molecule is COc1ccc(/C=C(/C(=O)Nc2ccc(C)c(C)c2)c2ccccc2)cc1. The Labute approximate surface area is 160 Å². The van der Waals surface area contributed by atoms with Crippen LogP contribution in [-0.4, -0.2) is 13.0 Å². The molecule has 0 spiro atoms. The van der Waals surface area contributed by atoms with Gasteiger partial charge in [0.15, 0.2) is 0 Å². The maximum atomic E-state index is 13.0. The second-order valence-electron chi connectivity index (χ2n) is 6.45. The third kappa shape index (κ3) is 4.64. The van der Waals surface area contributed by atoms with Crippen molar-refractivity contribution < 1.29 is 9.53 Å². The molecule has 0 bridgehead atoms. The first-order valence-corrected chi connectivity index (χ1v) is 8.86. The largest absolute Gasteiger partial charge is 0.497 e. The van der Waals surface area contributed by atoms with Crippen molar-refractivity contribution in [3.63, 3.8) is 0 Å². The molecule has 0 aliphatic rings. The summed E-state index contributed by atoms with van der Waals surface area (Å²) >= 11 is 0. The van der Waals surface area contributed by atoms with Crippen LogP contribution in [0.1, 0.15) is 22.3 Å². The average Bonchev–Trinajstić information content (AvgIpc) is 2.70. The first-order chi connectivity index (χ1) is 13.1. The van der Waals surface area contributed by atoms with E-state index in [0.717, 1.165) is 28.1 Å². The van der Waals surface area contributed by atoms with E-state index in [1.54, 1.807) is 7.11 Å². The second-order valence-corrected chi connectivity index (χ2v) is 6.45. The molecule has 136 valence electrons. The Morgan fingerprint density at radius 2 is 1.59 bits per heavy atom. The lowest BCUT2D eigenvalue weighted by molar-refractivity contribution is -0.111. The van der Waals surface area contributed by atoms with Crippen molar-refractivity contribution >= 4 is 23.2 Å². The van der Waals surface area contributed by atoms with Gasteiger partial charge in [0.05, 0.1) is 7.11 Å². The quantitative estimate of drug-likeness (QED) is 0.484. The van der Waals surface area contributed by atoms with Gasteiger partial charge in [-0.05, 0) is 66.4 Å². The first kappa shape index (κ1) is 18.5. The molecule has 0 saturated heterocycles. The van der Waals surface area contributed by atoms with Gasteiger partial charge in [-0.1, -0.05) is 48.5 Å². The number of nitrogens with one attached hydrogen (secondary N) is 1. The summed E-state index contributed by atoms with van der Waals surface area (Å²) in [6, 6.07) is 23.3. The molecule has 3 heteroatoms. The minimum absolute atomic E-state index is 0.139. The van der Waals surface area contributed by atoms with Crippen molar-refractivity contribution in [1.82, 2.24) is 0 Å². The Balaban J connectivity index is 1.94. The average molecular weight is 357 g/mol. The molecule has 0 radical (unpaired) electrons. The fraction of sp³-hybridized carbons (Fsp3) is 0.125. The number of anilines is 1. The number of carbonyl (C=O) groups excluding carboxylic acids is 1. The summed E-state index contributed by atoms with van der Waals surface area (Å²) in [7, 11) is 1.64. The highest BCUT2D eigenvalue weighted by Crippen LogP contribution is 2.23. The van der Waals surface area contributed by atoms with Crippen molar-refractivity contribution in [3.05, 3.63) is 95.1 Å². The zero-order chi connectivity index (χ0) is 19.2. The van der Waals surface area contributed by atoms with E-state index in [0.29, 0.717) is 5.57 Å². The smallest absolute Gasteiger partial charge is 0.256 e. The van der Waals surface area contributed by atoms with Crippen molar-refractivity contribution in [2.75, 3.05) is 12.4 Å². The molecule has 0 aromatic heterocycles. The van der Waals surface area contributed by atoms with Gasteiger partial charge < -0.3 is 10.1 Å². The normalized spacial score (nSPS) is 11.1. The highest BCUT2D eigenvalue weighted by molar-refractivity contribution is 6.29. The lowest BCUT2D eigenvalue weighted by Crippen LogP contribution is -2.13. The van der Waals surface area contributed by atoms with Crippen LogP contribution in [0.25, 0.3) is 11.6 Å². The van der Waals surface area contributed by atoms with Crippen molar-refractivity contribution in [1.29, 1.82) is 0 Å². The van der Waals surface area contributed by atoms with Gasteiger partial charge in [0.1, 0.15) is 5.75 Å². The number of hydrogen-bond acceptors (Lipinski definition) is 2. The van der Waals surface area contributed by atoms with Crippen LogP contribution in [0.5, 0.6) is 5.75 Å². The predicted molar refractivity (Wildman–Crippen MR) is 112 cm³/mol. The number of ether oxygens (including phenoxy) is 1. The Bertz CT molecular complexity index is 957. The van der Waals surface area contributed by atoms with Crippen LogP contribution in [-0.2, 0) is 4.79 Å². The van der Waals surface area contributed by atoms with Gasteiger partial charge in [0, 0.05) is 11.3 Å². The van der Waals surface area contributed by atoms with Gasteiger partial charge in [0.2, 0.25) is 0 Å². The van der Waals surface area contributed by atoms with E-state index in [1.165, 1.54) is 5.56 Å². The molecule has 1 N–H and O–H groups in total. The highest BCUT2D eigenvalue weighted by atomic mass is 16.5. The number of carbonyl (C=O) groups is 1. The number of benzene rings is 3. The van der Waals surface area contributed by atoms with Crippen LogP contribution < -0.4 is 10.1 Å². The van der Waals surface area contributed by atoms with Gasteiger partial charge in [-0.2, -0.15) is 0 Å². The fourth-order valence-corrected chi connectivity index (χ4v) is 2.78. The zero-order valence-electron chi connectivity index (χ0n) is 15.8. The first-order valence-electron chi connectivity index (χ1n) is 8.86. The molecule has 1 amide bonds. The summed E-state index contributed by atoms with van der Waals surface area (Å²) in [6.07, 6.45) is 1.89. The van der Waals surface area contributed by atoms with Crippen molar-refractivity contribution in [2.45, 2.75) is 13.8 Å². The predicted octanol–water partition coefficient (Wildman–Crippen LogP) is 5.49. The van der Waals surface area contributed by atoms with Gasteiger partial charge in [0.25, 0.3) is 5.91 Å². The molecule has 0 aliphatic carbocycles. The third-order valence-corrected chi connectivity index (χ3v) is 4.52. The molecule has 3 nitrogen and oxygen atoms in total. The number of amides is 1. The highest BCUT2D eigenvalue weighted by Gasteiger charge is 2.13.